The summed E-state index contributed by atoms with van der Waals surface area (Å²) in [6, 6.07) is 5.48. The minimum atomic E-state index is -0.450. The van der Waals surface area contributed by atoms with Gasteiger partial charge in [-0.15, -0.1) is 11.8 Å². The van der Waals surface area contributed by atoms with Gasteiger partial charge in [0.25, 0.3) is 5.91 Å². The summed E-state index contributed by atoms with van der Waals surface area (Å²) in [4.78, 5) is 39.7. The van der Waals surface area contributed by atoms with Crippen molar-refractivity contribution in [2.24, 2.45) is 5.92 Å². The Morgan fingerprint density at radius 3 is 2.75 bits per heavy atom. The molecule has 2 aliphatic rings. The number of allylic oxidation sites excluding steroid dienone is 1. The van der Waals surface area contributed by atoms with E-state index in [1.54, 1.807) is 6.08 Å². The van der Waals surface area contributed by atoms with Gasteiger partial charge in [-0.05, 0) is 41.9 Å². The lowest BCUT2D eigenvalue weighted by molar-refractivity contribution is -0.426. The van der Waals surface area contributed by atoms with E-state index < -0.39 is 11.3 Å². The van der Waals surface area contributed by atoms with Gasteiger partial charge in [0.2, 0.25) is 0 Å². The zero-order valence-electron chi connectivity index (χ0n) is 16.7. The molecule has 1 unspecified atom stereocenters. The van der Waals surface area contributed by atoms with Gasteiger partial charge in [-0.2, -0.15) is 14.3 Å². The molecule has 3 rings (SSSR count). The van der Waals surface area contributed by atoms with Crippen molar-refractivity contribution in [1.82, 2.24) is 4.90 Å². The van der Waals surface area contributed by atoms with Crippen molar-refractivity contribution in [3.8, 4) is 0 Å². The van der Waals surface area contributed by atoms with E-state index in [0.717, 1.165) is 23.2 Å². The van der Waals surface area contributed by atoms with Crippen molar-refractivity contribution in [2.75, 3.05) is 18.4 Å². The quantitative estimate of drug-likeness (QED) is 0.745. The number of anilines is 1. The van der Waals surface area contributed by atoms with Gasteiger partial charge < -0.3 is 5.32 Å². The Hall–Kier alpha value is -2.41. The monoisotopic (exact) mass is 400 g/mol. The Bertz CT molecular complexity index is 889. The van der Waals surface area contributed by atoms with Crippen molar-refractivity contribution in [3.05, 3.63) is 40.8 Å². The predicted octanol–water partition coefficient (Wildman–Crippen LogP) is 3.20. The smallest absolute Gasteiger partial charge is 0.322 e. The number of benzene rings is 1. The second kappa shape index (κ2) is 8.31. The number of thioether (sulfide) groups is 1. The number of nitrogens with one attached hydrogen (secondary N) is 1. The third-order valence-electron chi connectivity index (χ3n) is 4.84. The molecule has 0 aliphatic carbocycles. The molecule has 0 bridgehead atoms. The topological polar surface area (TPSA) is 69.5 Å². The summed E-state index contributed by atoms with van der Waals surface area (Å²) in [5.74, 6) is -0.316. The number of amides is 4. The van der Waals surface area contributed by atoms with Crippen LogP contribution in [-0.4, -0.2) is 51.4 Å². The maximum Gasteiger partial charge on any atom is 0.501 e. The third-order valence-corrected chi connectivity index (χ3v) is 5.85. The summed E-state index contributed by atoms with van der Waals surface area (Å²) in [5.41, 5.74) is 3.43. The lowest BCUT2D eigenvalue weighted by Crippen LogP contribution is -2.57. The average Bonchev–Trinajstić information content (AvgIpc) is 3.13. The van der Waals surface area contributed by atoms with Crippen LogP contribution in [0.3, 0.4) is 0 Å². The molecule has 148 valence electrons. The molecular formula is C21H26N3O3S+. The van der Waals surface area contributed by atoms with Gasteiger partial charge in [-0.25, -0.2) is 4.79 Å². The van der Waals surface area contributed by atoms with Gasteiger partial charge in [0.1, 0.15) is 5.71 Å². The second-order valence-corrected chi connectivity index (χ2v) is 8.48. The van der Waals surface area contributed by atoms with E-state index in [9.17, 15) is 14.4 Å². The molecule has 28 heavy (non-hydrogen) atoms. The number of imide groups is 1. The summed E-state index contributed by atoms with van der Waals surface area (Å²) in [7, 11) is 0. The van der Waals surface area contributed by atoms with E-state index in [-0.39, 0.29) is 24.3 Å². The molecule has 0 spiro atoms. The fraction of sp³-hybridized carbons (Fsp3) is 0.429. The van der Waals surface area contributed by atoms with Crippen LogP contribution in [0.25, 0.3) is 0 Å². The highest BCUT2D eigenvalue weighted by Gasteiger charge is 2.49. The zero-order chi connectivity index (χ0) is 20.4. The van der Waals surface area contributed by atoms with Crippen LogP contribution >= 0.6 is 11.8 Å². The Kier molecular flexibility index (Phi) is 6.03. The van der Waals surface area contributed by atoms with E-state index in [1.165, 1.54) is 21.2 Å². The van der Waals surface area contributed by atoms with Gasteiger partial charge in [0.15, 0.2) is 11.8 Å². The fourth-order valence-electron chi connectivity index (χ4n) is 3.47. The van der Waals surface area contributed by atoms with Crippen LogP contribution in [0.4, 0.5) is 10.5 Å². The Balaban J connectivity index is 1.86. The molecule has 1 atom stereocenters. The summed E-state index contributed by atoms with van der Waals surface area (Å²) < 4.78 is 1.43. The first-order valence-corrected chi connectivity index (χ1v) is 10.5. The minimum Gasteiger partial charge on any atom is -0.322 e. The summed E-state index contributed by atoms with van der Waals surface area (Å²) in [5, 5.41) is 4.32. The van der Waals surface area contributed by atoms with Crippen molar-refractivity contribution >= 4 is 41.0 Å². The number of aryl methyl sites for hydroxylation is 2. The van der Waals surface area contributed by atoms with E-state index in [0.29, 0.717) is 12.3 Å². The Labute approximate surface area is 169 Å². The van der Waals surface area contributed by atoms with Gasteiger partial charge >= 0.3 is 11.9 Å². The maximum atomic E-state index is 13.0. The van der Waals surface area contributed by atoms with Crippen molar-refractivity contribution in [3.63, 3.8) is 0 Å². The Morgan fingerprint density at radius 2 is 2.07 bits per heavy atom. The van der Waals surface area contributed by atoms with E-state index in [4.69, 9.17) is 0 Å². The number of fused-ring (bicyclic) bond motifs is 1. The first-order valence-electron chi connectivity index (χ1n) is 9.53. The number of hydrogen-bond acceptors (Lipinski definition) is 4. The summed E-state index contributed by atoms with van der Waals surface area (Å²) >= 11 is 1.38. The molecule has 0 fully saturated rings. The highest BCUT2D eigenvalue weighted by atomic mass is 32.2. The summed E-state index contributed by atoms with van der Waals surface area (Å²) in [6.45, 7) is 8.13. The number of hydrogen-bond donors (Lipinski definition) is 1. The molecule has 2 heterocycles. The number of carbonyl (C=O) groups is 3. The molecule has 2 aliphatic heterocycles. The lowest BCUT2D eigenvalue weighted by Gasteiger charge is -2.25. The van der Waals surface area contributed by atoms with Gasteiger partial charge in [-0.1, -0.05) is 39.0 Å². The Morgan fingerprint density at radius 1 is 1.32 bits per heavy atom. The molecule has 0 radical (unpaired) electrons. The minimum absolute atomic E-state index is 0.116. The average molecular weight is 401 g/mol. The van der Waals surface area contributed by atoms with Crippen molar-refractivity contribution in [1.29, 1.82) is 0 Å². The van der Waals surface area contributed by atoms with Crippen molar-refractivity contribution in [2.45, 2.75) is 39.4 Å². The van der Waals surface area contributed by atoms with Gasteiger partial charge in [0, 0.05) is 5.69 Å². The van der Waals surface area contributed by atoms with E-state index in [2.05, 4.69) is 5.32 Å². The fourth-order valence-corrected chi connectivity index (χ4v) is 4.43. The second-order valence-electron chi connectivity index (χ2n) is 7.47. The molecule has 1 N–H and O–H groups in total. The van der Waals surface area contributed by atoms with E-state index >= 15 is 0 Å². The molecule has 4 amide bonds. The van der Waals surface area contributed by atoms with Crippen LogP contribution in [0.15, 0.2) is 29.7 Å². The van der Waals surface area contributed by atoms with Crippen LogP contribution in [-0.2, 0) is 16.0 Å². The number of urea groups is 1. The largest absolute Gasteiger partial charge is 0.501 e. The highest BCUT2D eigenvalue weighted by Crippen LogP contribution is 2.28. The van der Waals surface area contributed by atoms with Crippen LogP contribution in [0.1, 0.15) is 31.9 Å². The normalized spacial score (nSPS) is 18.9. The maximum absolute atomic E-state index is 13.0. The van der Waals surface area contributed by atoms with Gasteiger partial charge in [-0.3, -0.25) is 4.79 Å². The molecular weight excluding hydrogens is 374 g/mol. The van der Waals surface area contributed by atoms with Crippen LogP contribution in [0.5, 0.6) is 0 Å². The number of nitrogens with zero attached hydrogens (tertiary/aromatic N) is 2. The molecule has 0 saturated carbocycles. The predicted molar refractivity (Wildman–Crippen MR) is 112 cm³/mol. The van der Waals surface area contributed by atoms with E-state index in [1.807, 2.05) is 51.3 Å². The zero-order valence-corrected chi connectivity index (χ0v) is 17.5. The summed E-state index contributed by atoms with van der Waals surface area (Å²) in [6.07, 6.45) is 2.56. The molecule has 7 heteroatoms. The molecule has 0 aromatic heterocycles. The van der Waals surface area contributed by atoms with Crippen LogP contribution in [0.2, 0.25) is 0 Å². The number of carbonyl (C=O) groups excluding carboxylic acids is 3. The number of para-hydroxylation sites is 1. The molecule has 0 saturated heterocycles. The SMILES string of the molecule is CCc1cccc(C)c1NC(=O)C[N+]1=C2C=CSC2C(=O)N(CC(C)C)C1=O. The van der Waals surface area contributed by atoms with Crippen molar-refractivity contribution < 1.29 is 19.0 Å². The highest BCUT2D eigenvalue weighted by molar-refractivity contribution is 8.04. The number of rotatable bonds is 6. The standard InChI is InChI=1S/C21H25N3O3S/c1-5-15-8-6-7-14(4)18(15)22-17(25)12-23-16-9-10-28-19(16)20(26)24(21(23)27)11-13(2)3/h6-10,13,19H,5,11-12H2,1-4H3/p+1. The molecule has 1 aromatic carbocycles. The third kappa shape index (κ3) is 3.90. The van der Waals surface area contributed by atoms with Gasteiger partial charge in [0.05, 0.1) is 6.54 Å². The van der Waals surface area contributed by atoms with Crippen LogP contribution < -0.4 is 5.32 Å². The van der Waals surface area contributed by atoms with Crippen LogP contribution in [0, 0.1) is 12.8 Å². The lowest BCUT2D eigenvalue weighted by atomic mass is 10.1. The molecule has 6 nitrogen and oxygen atoms in total. The first-order chi connectivity index (χ1) is 13.3. The molecule has 1 aromatic rings. The first kappa shape index (κ1) is 20.3.